The van der Waals surface area contributed by atoms with Gasteiger partial charge >= 0.3 is 0 Å². The van der Waals surface area contributed by atoms with E-state index in [9.17, 15) is 15.3 Å². The van der Waals surface area contributed by atoms with Gasteiger partial charge in [-0.2, -0.15) is 0 Å². The van der Waals surface area contributed by atoms with E-state index in [0.717, 1.165) is 24.8 Å². The molecule has 0 heterocycles. The fraction of sp³-hybridized carbons (Fsp3) is 0.478. The normalized spacial score (nSPS) is 36.2. The Hall–Kier alpha value is -1.84. The third-order valence-electron chi connectivity index (χ3n) is 7.14. The molecule has 0 radical (unpaired) electrons. The van der Waals surface area contributed by atoms with Crippen molar-refractivity contribution in [2.75, 3.05) is 0 Å². The molecule has 2 aromatic rings. The second-order valence-electron chi connectivity index (χ2n) is 8.47. The van der Waals surface area contributed by atoms with Crippen LogP contribution in [0.4, 0.5) is 0 Å². The molecule has 1 fully saturated rings. The third kappa shape index (κ3) is 2.34. The van der Waals surface area contributed by atoms with Crippen molar-refractivity contribution in [3.63, 3.8) is 0 Å². The summed E-state index contributed by atoms with van der Waals surface area (Å²) in [4.78, 5) is 0. The van der Waals surface area contributed by atoms with Crippen LogP contribution in [0.5, 0.6) is 5.75 Å². The molecule has 4 rings (SSSR count). The number of hydrogen-bond donors (Lipinski definition) is 3. The van der Waals surface area contributed by atoms with Crippen molar-refractivity contribution in [1.82, 2.24) is 0 Å². The summed E-state index contributed by atoms with van der Waals surface area (Å²) in [5.41, 5.74) is 0.588. The first kappa shape index (κ1) is 17.6. The fourth-order valence-corrected chi connectivity index (χ4v) is 5.72. The van der Waals surface area contributed by atoms with Gasteiger partial charge < -0.3 is 15.3 Å². The molecule has 1 saturated carbocycles. The lowest BCUT2D eigenvalue weighted by Gasteiger charge is -2.59. The fourth-order valence-electron chi connectivity index (χ4n) is 5.72. The second kappa shape index (κ2) is 5.83. The highest BCUT2D eigenvalue weighted by Gasteiger charge is 2.60. The largest absolute Gasteiger partial charge is 0.508 e. The summed E-state index contributed by atoms with van der Waals surface area (Å²) in [5, 5.41) is 33.0. The van der Waals surface area contributed by atoms with Crippen molar-refractivity contribution in [3.05, 3.63) is 65.2 Å². The van der Waals surface area contributed by atoms with Crippen molar-refractivity contribution in [3.8, 4) is 5.75 Å². The Morgan fingerprint density at radius 3 is 2.50 bits per heavy atom. The van der Waals surface area contributed by atoms with Gasteiger partial charge in [0, 0.05) is 5.41 Å². The molecule has 0 spiro atoms. The van der Waals surface area contributed by atoms with Gasteiger partial charge in [0.25, 0.3) is 0 Å². The van der Waals surface area contributed by atoms with E-state index in [1.54, 1.807) is 13.0 Å². The van der Waals surface area contributed by atoms with E-state index < -0.39 is 11.2 Å². The molecule has 3 nitrogen and oxygen atoms in total. The molecule has 138 valence electrons. The van der Waals surface area contributed by atoms with Gasteiger partial charge in [-0.15, -0.1) is 0 Å². The highest BCUT2D eigenvalue weighted by atomic mass is 16.4. The van der Waals surface area contributed by atoms with Gasteiger partial charge in [0.05, 0.1) is 5.60 Å². The summed E-state index contributed by atoms with van der Waals surface area (Å²) in [6.07, 6.45) is 3.86. The van der Waals surface area contributed by atoms with E-state index in [-0.39, 0.29) is 5.41 Å². The predicted octanol–water partition coefficient (Wildman–Crippen LogP) is 4.04. The Labute approximate surface area is 155 Å². The maximum atomic E-state index is 11.6. The van der Waals surface area contributed by atoms with Crippen LogP contribution in [0.1, 0.15) is 56.2 Å². The van der Waals surface area contributed by atoms with Crippen LogP contribution in [0.15, 0.2) is 48.5 Å². The molecule has 3 heteroatoms. The Kier molecular flexibility index (Phi) is 3.94. The van der Waals surface area contributed by atoms with Crippen LogP contribution < -0.4 is 0 Å². The first-order valence-electron chi connectivity index (χ1n) is 9.65. The minimum absolute atomic E-state index is 0.161. The average molecular weight is 352 g/mol. The van der Waals surface area contributed by atoms with Crippen molar-refractivity contribution in [2.45, 2.75) is 62.6 Å². The summed E-state index contributed by atoms with van der Waals surface area (Å²) in [5.74, 6) is 0.604. The van der Waals surface area contributed by atoms with E-state index in [4.69, 9.17) is 0 Å². The van der Waals surface area contributed by atoms with Crippen LogP contribution in [0.25, 0.3) is 0 Å². The van der Waals surface area contributed by atoms with Crippen LogP contribution in [0, 0.1) is 5.92 Å². The van der Waals surface area contributed by atoms with E-state index in [2.05, 4.69) is 6.92 Å². The lowest BCUT2D eigenvalue weighted by atomic mass is 9.49. The smallest absolute Gasteiger partial charge is 0.118 e. The van der Waals surface area contributed by atoms with Gasteiger partial charge in [-0.25, -0.2) is 0 Å². The Morgan fingerprint density at radius 2 is 1.81 bits per heavy atom. The molecule has 4 atom stereocenters. The summed E-state index contributed by atoms with van der Waals surface area (Å²) in [6, 6.07) is 15.3. The molecular formula is C23H28O3. The summed E-state index contributed by atoms with van der Waals surface area (Å²) < 4.78 is 0. The SMILES string of the molecule is CC[C@@]12C[C@](C)(O)[C@](O)(c3ccccc3)C[C@H]1CCc1cc(O)ccc12. The van der Waals surface area contributed by atoms with Crippen LogP contribution in [0.2, 0.25) is 0 Å². The zero-order valence-electron chi connectivity index (χ0n) is 15.6. The minimum atomic E-state index is -1.24. The highest BCUT2D eigenvalue weighted by molar-refractivity contribution is 5.44. The van der Waals surface area contributed by atoms with E-state index in [0.29, 0.717) is 24.5 Å². The topological polar surface area (TPSA) is 60.7 Å². The van der Waals surface area contributed by atoms with Crippen molar-refractivity contribution in [1.29, 1.82) is 0 Å². The van der Waals surface area contributed by atoms with Gasteiger partial charge in [-0.3, -0.25) is 0 Å². The average Bonchev–Trinajstić information content (AvgIpc) is 2.63. The molecular weight excluding hydrogens is 324 g/mol. The monoisotopic (exact) mass is 352 g/mol. The van der Waals surface area contributed by atoms with Gasteiger partial charge in [0.2, 0.25) is 0 Å². The summed E-state index contributed by atoms with van der Waals surface area (Å²) >= 11 is 0. The molecule has 2 aromatic carbocycles. The van der Waals surface area contributed by atoms with Crippen molar-refractivity contribution in [2.24, 2.45) is 5.92 Å². The number of hydrogen-bond acceptors (Lipinski definition) is 3. The van der Waals surface area contributed by atoms with Crippen LogP contribution in [0.3, 0.4) is 0 Å². The van der Waals surface area contributed by atoms with E-state index in [1.807, 2.05) is 42.5 Å². The molecule has 2 aliphatic carbocycles. The van der Waals surface area contributed by atoms with Crippen molar-refractivity contribution >= 4 is 0 Å². The van der Waals surface area contributed by atoms with E-state index >= 15 is 0 Å². The molecule has 0 amide bonds. The quantitative estimate of drug-likeness (QED) is 0.764. The van der Waals surface area contributed by atoms with Gasteiger partial charge in [0.15, 0.2) is 0 Å². The third-order valence-corrected chi connectivity index (χ3v) is 7.14. The second-order valence-corrected chi connectivity index (χ2v) is 8.47. The summed E-state index contributed by atoms with van der Waals surface area (Å²) in [6.45, 7) is 3.96. The van der Waals surface area contributed by atoms with Crippen LogP contribution in [-0.2, 0) is 17.4 Å². The maximum absolute atomic E-state index is 11.6. The number of aromatic hydroxyl groups is 1. The van der Waals surface area contributed by atoms with Gasteiger partial charge in [0.1, 0.15) is 11.4 Å². The number of aliphatic hydroxyl groups is 2. The number of aryl methyl sites for hydroxylation is 1. The highest BCUT2D eigenvalue weighted by Crippen LogP contribution is 2.60. The Bertz CT molecular complexity index is 813. The maximum Gasteiger partial charge on any atom is 0.118 e. The number of benzene rings is 2. The van der Waals surface area contributed by atoms with Gasteiger partial charge in [-0.05, 0) is 73.8 Å². The Balaban J connectivity index is 1.83. The lowest BCUT2D eigenvalue weighted by molar-refractivity contribution is -0.205. The van der Waals surface area contributed by atoms with E-state index in [1.165, 1.54) is 11.1 Å². The molecule has 0 aromatic heterocycles. The molecule has 3 N–H and O–H groups in total. The zero-order valence-corrected chi connectivity index (χ0v) is 15.6. The molecule has 0 unspecified atom stereocenters. The van der Waals surface area contributed by atoms with Crippen LogP contribution >= 0.6 is 0 Å². The predicted molar refractivity (Wildman–Crippen MR) is 102 cm³/mol. The molecule has 0 bridgehead atoms. The minimum Gasteiger partial charge on any atom is -0.508 e. The number of phenols is 1. The lowest BCUT2D eigenvalue weighted by Crippen LogP contribution is -2.62. The number of phenolic OH excluding ortho intramolecular Hbond substituents is 1. The summed E-state index contributed by atoms with van der Waals surface area (Å²) in [7, 11) is 0. The standard InChI is InChI=1S/C23H28O3/c1-3-22-15-21(2,25)23(26,17-7-5-4-6-8-17)14-18(22)10-9-16-13-19(24)11-12-20(16)22/h4-8,11-13,18,24-26H,3,9-10,14-15H2,1-2H3/t18-,21+,22-,23-/m1/s1. The first-order valence-corrected chi connectivity index (χ1v) is 9.65. The van der Waals surface area contributed by atoms with Crippen LogP contribution in [-0.4, -0.2) is 20.9 Å². The molecule has 26 heavy (non-hydrogen) atoms. The molecule has 2 aliphatic rings. The number of fused-ring (bicyclic) bond motifs is 3. The molecule has 0 aliphatic heterocycles. The van der Waals surface area contributed by atoms with Gasteiger partial charge in [-0.1, -0.05) is 43.3 Å². The van der Waals surface area contributed by atoms with Crippen molar-refractivity contribution < 1.29 is 15.3 Å². The molecule has 0 saturated heterocycles. The number of rotatable bonds is 2. The first-order chi connectivity index (χ1) is 12.3. The zero-order chi connectivity index (χ0) is 18.6. The Morgan fingerprint density at radius 1 is 1.08 bits per heavy atom.